The van der Waals surface area contributed by atoms with Gasteiger partial charge in [0.2, 0.25) is 10.0 Å². The number of aliphatic imine (C=N–C) groups is 1. The molecule has 1 aromatic rings. The number of sulfonamides is 1. The molecule has 1 aromatic carbocycles. The predicted molar refractivity (Wildman–Crippen MR) is 112 cm³/mol. The van der Waals surface area contributed by atoms with Gasteiger partial charge in [-0.2, -0.15) is 0 Å². The molecule has 0 radical (unpaired) electrons. The van der Waals surface area contributed by atoms with Crippen LogP contribution in [0.25, 0.3) is 0 Å². The SMILES string of the molecule is CCNC(=NCC(C)(C)NS(C)(=O)=O)NCCC(C)c1ccc(OC)cc1. The van der Waals surface area contributed by atoms with Crippen LogP contribution < -0.4 is 20.1 Å². The van der Waals surface area contributed by atoms with Gasteiger partial charge < -0.3 is 15.4 Å². The van der Waals surface area contributed by atoms with Gasteiger partial charge in [0.25, 0.3) is 0 Å². The van der Waals surface area contributed by atoms with E-state index < -0.39 is 15.6 Å². The van der Waals surface area contributed by atoms with E-state index in [9.17, 15) is 8.42 Å². The summed E-state index contributed by atoms with van der Waals surface area (Å²) in [4.78, 5) is 4.51. The lowest BCUT2D eigenvalue weighted by atomic mass is 9.98. The maximum atomic E-state index is 11.4. The summed E-state index contributed by atoms with van der Waals surface area (Å²) in [7, 11) is -1.61. The van der Waals surface area contributed by atoms with Gasteiger partial charge in [0.1, 0.15) is 5.75 Å². The van der Waals surface area contributed by atoms with Crippen LogP contribution in [0.2, 0.25) is 0 Å². The van der Waals surface area contributed by atoms with Crippen LogP contribution >= 0.6 is 0 Å². The van der Waals surface area contributed by atoms with Gasteiger partial charge in [0.15, 0.2) is 5.96 Å². The lowest BCUT2D eigenvalue weighted by Crippen LogP contribution is -2.46. The molecule has 1 rings (SSSR count). The fraction of sp³-hybridized carbons (Fsp3) is 0.632. The molecule has 0 aliphatic rings. The molecular formula is C19H34N4O3S. The Hall–Kier alpha value is -1.80. The fourth-order valence-corrected chi connectivity index (χ4v) is 3.73. The Kier molecular flexibility index (Phi) is 9.05. The Morgan fingerprint density at radius 2 is 1.85 bits per heavy atom. The van der Waals surface area contributed by atoms with Crippen molar-refractivity contribution in [2.75, 3.05) is 33.0 Å². The average Bonchev–Trinajstić information content (AvgIpc) is 2.57. The first-order chi connectivity index (χ1) is 12.6. The number of benzene rings is 1. The highest BCUT2D eigenvalue weighted by atomic mass is 32.2. The van der Waals surface area contributed by atoms with Crippen molar-refractivity contribution in [3.63, 3.8) is 0 Å². The Labute approximate surface area is 164 Å². The lowest BCUT2D eigenvalue weighted by molar-refractivity contribution is 0.414. The number of rotatable bonds is 10. The molecule has 0 aromatic heterocycles. The summed E-state index contributed by atoms with van der Waals surface area (Å²) in [6.45, 7) is 9.64. The van der Waals surface area contributed by atoms with E-state index in [0.717, 1.165) is 31.5 Å². The molecule has 0 aliphatic heterocycles. The molecule has 0 aliphatic carbocycles. The summed E-state index contributed by atoms with van der Waals surface area (Å²) in [5.74, 6) is 1.94. The zero-order valence-electron chi connectivity index (χ0n) is 17.3. The minimum atomic E-state index is -3.27. The molecule has 1 unspecified atom stereocenters. The van der Waals surface area contributed by atoms with Gasteiger partial charge in [-0.15, -0.1) is 0 Å². The monoisotopic (exact) mass is 398 g/mol. The molecule has 7 nitrogen and oxygen atoms in total. The number of ether oxygens (including phenoxy) is 1. The third kappa shape index (κ3) is 9.63. The first-order valence-corrected chi connectivity index (χ1v) is 11.1. The molecule has 0 bridgehead atoms. The first kappa shape index (κ1) is 23.2. The van der Waals surface area contributed by atoms with Crippen LogP contribution in [-0.2, 0) is 10.0 Å². The summed E-state index contributed by atoms with van der Waals surface area (Å²) in [5, 5.41) is 6.51. The molecule has 0 heterocycles. The number of nitrogens with one attached hydrogen (secondary N) is 3. The van der Waals surface area contributed by atoms with E-state index in [0.29, 0.717) is 18.4 Å². The van der Waals surface area contributed by atoms with Crippen molar-refractivity contribution in [2.45, 2.75) is 45.6 Å². The number of guanidine groups is 1. The summed E-state index contributed by atoms with van der Waals surface area (Å²) >= 11 is 0. The molecular weight excluding hydrogens is 364 g/mol. The third-order valence-corrected chi connectivity index (χ3v) is 4.92. The van der Waals surface area contributed by atoms with Crippen molar-refractivity contribution in [1.29, 1.82) is 0 Å². The maximum Gasteiger partial charge on any atom is 0.209 e. The van der Waals surface area contributed by atoms with Crippen molar-refractivity contribution in [3.05, 3.63) is 29.8 Å². The van der Waals surface area contributed by atoms with Crippen LogP contribution in [0.1, 0.15) is 45.6 Å². The van der Waals surface area contributed by atoms with Crippen molar-refractivity contribution in [1.82, 2.24) is 15.4 Å². The molecule has 0 saturated carbocycles. The van der Waals surface area contributed by atoms with E-state index in [4.69, 9.17) is 4.74 Å². The Morgan fingerprint density at radius 3 is 2.37 bits per heavy atom. The van der Waals surface area contributed by atoms with E-state index in [1.807, 2.05) is 32.9 Å². The van der Waals surface area contributed by atoms with Crippen molar-refractivity contribution in [2.24, 2.45) is 4.99 Å². The van der Waals surface area contributed by atoms with Gasteiger partial charge in [0.05, 0.1) is 19.9 Å². The quantitative estimate of drug-likeness (QED) is 0.415. The zero-order valence-corrected chi connectivity index (χ0v) is 18.1. The van der Waals surface area contributed by atoms with Crippen molar-refractivity contribution < 1.29 is 13.2 Å². The van der Waals surface area contributed by atoms with Gasteiger partial charge in [-0.05, 0) is 50.8 Å². The second-order valence-electron chi connectivity index (χ2n) is 7.34. The molecule has 0 fully saturated rings. The minimum absolute atomic E-state index is 0.337. The zero-order chi connectivity index (χ0) is 20.5. The van der Waals surface area contributed by atoms with Crippen LogP contribution in [0, 0.1) is 0 Å². The molecule has 8 heteroatoms. The van der Waals surface area contributed by atoms with Crippen molar-refractivity contribution >= 4 is 16.0 Å². The van der Waals surface area contributed by atoms with Gasteiger partial charge in [-0.25, -0.2) is 13.1 Å². The molecule has 0 amide bonds. The maximum absolute atomic E-state index is 11.4. The highest BCUT2D eigenvalue weighted by Crippen LogP contribution is 2.21. The van der Waals surface area contributed by atoms with Crippen LogP contribution in [0.15, 0.2) is 29.3 Å². The Morgan fingerprint density at radius 1 is 1.22 bits per heavy atom. The molecule has 154 valence electrons. The van der Waals surface area contributed by atoms with E-state index >= 15 is 0 Å². The second kappa shape index (κ2) is 10.5. The molecule has 0 spiro atoms. The lowest BCUT2D eigenvalue weighted by Gasteiger charge is -2.23. The van der Waals surface area contributed by atoms with E-state index in [2.05, 4.69) is 39.4 Å². The first-order valence-electron chi connectivity index (χ1n) is 9.21. The summed E-state index contributed by atoms with van der Waals surface area (Å²) in [5.41, 5.74) is 0.616. The normalized spacial score (nSPS) is 13.9. The van der Waals surface area contributed by atoms with Crippen LogP contribution in [0.3, 0.4) is 0 Å². The van der Waals surface area contributed by atoms with Gasteiger partial charge in [0, 0.05) is 18.6 Å². The van der Waals surface area contributed by atoms with Gasteiger partial charge >= 0.3 is 0 Å². The third-order valence-electron chi connectivity index (χ3n) is 3.99. The fourth-order valence-electron chi connectivity index (χ4n) is 2.66. The highest BCUT2D eigenvalue weighted by molar-refractivity contribution is 7.88. The number of nitrogens with zero attached hydrogens (tertiary/aromatic N) is 1. The summed E-state index contributed by atoms with van der Waals surface area (Å²) in [6, 6.07) is 8.12. The highest BCUT2D eigenvalue weighted by Gasteiger charge is 2.21. The van der Waals surface area contributed by atoms with Gasteiger partial charge in [-0.3, -0.25) is 4.99 Å². The van der Waals surface area contributed by atoms with Gasteiger partial charge in [-0.1, -0.05) is 19.1 Å². The molecule has 0 saturated heterocycles. The van der Waals surface area contributed by atoms with E-state index in [1.54, 1.807) is 7.11 Å². The standard InChI is InChI=1S/C19H34N4O3S/c1-7-20-18(22-14-19(3,4)23-27(6,24)25)21-13-12-15(2)16-8-10-17(26-5)11-9-16/h8-11,15,23H,7,12-14H2,1-6H3,(H2,20,21,22). The Bertz CT molecular complexity index is 700. The van der Waals surface area contributed by atoms with E-state index in [-0.39, 0.29) is 0 Å². The molecule has 3 N–H and O–H groups in total. The van der Waals surface area contributed by atoms with Crippen molar-refractivity contribution in [3.8, 4) is 5.75 Å². The number of hydrogen-bond acceptors (Lipinski definition) is 4. The van der Waals surface area contributed by atoms with Crippen LogP contribution in [-0.4, -0.2) is 52.9 Å². The second-order valence-corrected chi connectivity index (χ2v) is 9.09. The molecule has 1 atom stereocenters. The predicted octanol–water partition coefficient (Wildman–Crippen LogP) is 2.07. The largest absolute Gasteiger partial charge is 0.497 e. The minimum Gasteiger partial charge on any atom is -0.497 e. The number of methoxy groups -OCH3 is 1. The Balaban J connectivity index is 2.58. The van der Waals surface area contributed by atoms with E-state index in [1.165, 1.54) is 5.56 Å². The average molecular weight is 399 g/mol. The molecule has 27 heavy (non-hydrogen) atoms. The smallest absolute Gasteiger partial charge is 0.209 e. The summed E-state index contributed by atoms with van der Waals surface area (Å²) < 4.78 is 30.7. The topological polar surface area (TPSA) is 91.8 Å². The summed E-state index contributed by atoms with van der Waals surface area (Å²) in [6.07, 6.45) is 2.10. The number of hydrogen-bond donors (Lipinski definition) is 3. The van der Waals surface area contributed by atoms with Crippen LogP contribution in [0.5, 0.6) is 5.75 Å². The van der Waals surface area contributed by atoms with Crippen LogP contribution in [0.4, 0.5) is 0 Å².